The third-order valence-corrected chi connectivity index (χ3v) is 4.69. The Morgan fingerprint density at radius 3 is 2.52 bits per heavy atom. The second-order valence-corrected chi connectivity index (χ2v) is 6.86. The van der Waals surface area contributed by atoms with E-state index in [0.717, 1.165) is 13.6 Å². The summed E-state index contributed by atoms with van der Waals surface area (Å²) in [7, 11) is 0. The highest BCUT2D eigenvalue weighted by atomic mass is 127. The molecular formula is C16H15BrF2IN. The van der Waals surface area contributed by atoms with Gasteiger partial charge in [-0.2, -0.15) is 0 Å². The second kappa shape index (κ2) is 7.15. The van der Waals surface area contributed by atoms with Gasteiger partial charge < -0.3 is 5.32 Å². The molecule has 0 spiro atoms. The predicted molar refractivity (Wildman–Crippen MR) is 93.5 cm³/mol. The van der Waals surface area contributed by atoms with Crippen LogP contribution in [-0.2, 0) is 0 Å². The summed E-state index contributed by atoms with van der Waals surface area (Å²) in [6.45, 7) is 4.15. The minimum absolute atomic E-state index is 0.313. The summed E-state index contributed by atoms with van der Waals surface area (Å²) in [5.41, 5.74) is 1.53. The maximum Gasteiger partial charge on any atom is 0.164 e. The lowest BCUT2D eigenvalue weighted by atomic mass is 9.97. The predicted octanol–water partition coefficient (Wildman–Crippen LogP) is 5.34. The first-order valence-electron chi connectivity index (χ1n) is 6.58. The summed E-state index contributed by atoms with van der Waals surface area (Å²) in [4.78, 5) is 0. The van der Waals surface area contributed by atoms with Crippen LogP contribution in [0.15, 0.2) is 34.8 Å². The topological polar surface area (TPSA) is 12.0 Å². The zero-order valence-electron chi connectivity index (χ0n) is 11.7. The van der Waals surface area contributed by atoms with Gasteiger partial charge in [0.15, 0.2) is 11.6 Å². The molecule has 1 N–H and O–H groups in total. The standard InChI is InChI=1S/C16H15BrF2IN/c1-3-21-16(12-8-10(20)5-7-13(12)17)11-6-4-9(2)14(18)15(11)19/h4-8,16,21H,3H2,1-2H3. The van der Waals surface area contributed by atoms with Crippen LogP contribution >= 0.6 is 38.5 Å². The van der Waals surface area contributed by atoms with Gasteiger partial charge in [-0.1, -0.05) is 35.0 Å². The Morgan fingerprint density at radius 1 is 1.14 bits per heavy atom. The SMILES string of the molecule is CCNC(c1cc(I)ccc1Br)c1ccc(C)c(F)c1F. The summed E-state index contributed by atoms with van der Waals surface area (Å²) in [5, 5.41) is 3.23. The van der Waals surface area contributed by atoms with E-state index in [1.54, 1.807) is 19.1 Å². The average molecular weight is 466 g/mol. The normalized spacial score (nSPS) is 12.5. The van der Waals surface area contributed by atoms with E-state index in [1.807, 2.05) is 25.1 Å². The monoisotopic (exact) mass is 465 g/mol. The molecule has 0 heterocycles. The molecule has 0 radical (unpaired) electrons. The molecule has 0 fully saturated rings. The molecule has 0 aromatic heterocycles. The van der Waals surface area contributed by atoms with Gasteiger partial charge in [0.05, 0.1) is 6.04 Å². The molecule has 0 aliphatic carbocycles. The molecular weight excluding hydrogens is 451 g/mol. The van der Waals surface area contributed by atoms with E-state index in [4.69, 9.17) is 0 Å². The lowest BCUT2D eigenvalue weighted by Gasteiger charge is -2.21. The zero-order valence-corrected chi connectivity index (χ0v) is 15.4. The number of halogens is 4. The van der Waals surface area contributed by atoms with Gasteiger partial charge in [0.25, 0.3) is 0 Å². The maximum atomic E-state index is 14.3. The highest BCUT2D eigenvalue weighted by molar-refractivity contribution is 14.1. The Morgan fingerprint density at radius 2 is 1.86 bits per heavy atom. The van der Waals surface area contributed by atoms with Gasteiger partial charge in [-0.15, -0.1) is 0 Å². The van der Waals surface area contributed by atoms with Crippen LogP contribution in [0.4, 0.5) is 8.78 Å². The molecule has 21 heavy (non-hydrogen) atoms. The van der Waals surface area contributed by atoms with Gasteiger partial charge in [-0.3, -0.25) is 0 Å². The van der Waals surface area contributed by atoms with Crippen molar-refractivity contribution in [2.45, 2.75) is 19.9 Å². The first-order chi connectivity index (χ1) is 9.95. The van der Waals surface area contributed by atoms with Crippen LogP contribution in [0.1, 0.15) is 29.7 Å². The van der Waals surface area contributed by atoms with Crippen molar-refractivity contribution in [1.29, 1.82) is 0 Å². The Labute approximate surface area is 145 Å². The lowest BCUT2D eigenvalue weighted by Crippen LogP contribution is -2.24. The fourth-order valence-corrected chi connectivity index (χ4v) is 3.20. The third-order valence-electron chi connectivity index (χ3n) is 3.29. The maximum absolute atomic E-state index is 14.3. The minimum atomic E-state index is -0.785. The summed E-state index contributed by atoms with van der Waals surface area (Å²) in [6, 6.07) is 8.71. The fraction of sp³-hybridized carbons (Fsp3) is 0.250. The Kier molecular flexibility index (Phi) is 5.73. The summed E-state index contributed by atoms with van der Waals surface area (Å²) >= 11 is 5.70. The van der Waals surface area contributed by atoms with E-state index in [2.05, 4.69) is 43.8 Å². The van der Waals surface area contributed by atoms with Crippen molar-refractivity contribution >= 4 is 38.5 Å². The molecule has 1 nitrogen and oxygen atoms in total. The number of benzene rings is 2. The number of hydrogen-bond donors (Lipinski definition) is 1. The van der Waals surface area contributed by atoms with Gasteiger partial charge in [0.2, 0.25) is 0 Å². The molecule has 1 atom stereocenters. The number of nitrogens with one attached hydrogen (secondary N) is 1. The molecule has 112 valence electrons. The lowest BCUT2D eigenvalue weighted by molar-refractivity contribution is 0.478. The Balaban J connectivity index is 2.59. The molecule has 1 unspecified atom stereocenters. The molecule has 2 rings (SSSR count). The van der Waals surface area contributed by atoms with E-state index in [9.17, 15) is 8.78 Å². The summed E-state index contributed by atoms with van der Waals surface area (Å²) in [6.07, 6.45) is 0. The van der Waals surface area contributed by atoms with Gasteiger partial charge in [0, 0.05) is 13.6 Å². The minimum Gasteiger partial charge on any atom is -0.306 e. The second-order valence-electron chi connectivity index (χ2n) is 4.76. The molecule has 2 aromatic rings. The van der Waals surface area contributed by atoms with Gasteiger partial charge >= 0.3 is 0 Å². The molecule has 0 amide bonds. The van der Waals surface area contributed by atoms with E-state index < -0.39 is 17.7 Å². The molecule has 0 saturated carbocycles. The zero-order chi connectivity index (χ0) is 15.6. The number of aryl methyl sites for hydroxylation is 1. The number of rotatable bonds is 4. The molecule has 0 bridgehead atoms. The molecule has 5 heteroatoms. The first-order valence-corrected chi connectivity index (χ1v) is 8.45. The highest BCUT2D eigenvalue weighted by Crippen LogP contribution is 2.32. The number of hydrogen-bond acceptors (Lipinski definition) is 1. The molecule has 0 saturated heterocycles. The van der Waals surface area contributed by atoms with Crippen LogP contribution in [0, 0.1) is 22.1 Å². The van der Waals surface area contributed by atoms with Crippen molar-refractivity contribution in [3.63, 3.8) is 0 Å². The van der Waals surface area contributed by atoms with Crippen LogP contribution in [0.5, 0.6) is 0 Å². The van der Waals surface area contributed by atoms with Crippen LogP contribution in [-0.4, -0.2) is 6.54 Å². The Hall–Kier alpha value is -0.530. The van der Waals surface area contributed by atoms with Crippen LogP contribution < -0.4 is 5.32 Å². The van der Waals surface area contributed by atoms with E-state index in [-0.39, 0.29) is 0 Å². The summed E-state index contributed by atoms with van der Waals surface area (Å²) in [5.74, 6) is -1.57. The van der Waals surface area contributed by atoms with Crippen molar-refractivity contribution < 1.29 is 8.78 Å². The highest BCUT2D eigenvalue weighted by Gasteiger charge is 2.22. The van der Waals surface area contributed by atoms with E-state index in [1.165, 1.54) is 0 Å². The third kappa shape index (κ3) is 3.63. The van der Waals surface area contributed by atoms with Gasteiger partial charge in [-0.05, 0) is 65.4 Å². The molecule has 0 aliphatic heterocycles. The molecule has 0 aliphatic rings. The van der Waals surface area contributed by atoms with Gasteiger partial charge in [-0.25, -0.2) is 8.78 Å². The van der Waals surface area contributed by atoms with Crippen LogP contribution in [0.2, 0.25) is 0 Å². The van der Waals surface area contributed by atoms with Crippen LogP contribution in [0.3, 0.4) is 0 Å². The quantitative estimate of drug-likeness (QED) is 0.601. The summed E-state index contributed by atoms with van der Waals surface area (Å²) < 4.78 is 30.1. The van der Waals surface area contributed by atoms with E-state index >= 15 is 0 Å². The smallest absolute Gasteiger partial charge is 0.164 e. The van der Waals surface area contributed by atoms with Gasteiger partial charge in [0.1, 0.15) is 0 Å². The van der Waals surface area contributed by atoms with Crippen molar-refractivity contribution in [3.05, 3.63) is 66.7 Å². The Bertz CT molecular complexity index is 661. The first kappa shape index (κ1) is 16.8. The van der Waals surface area contributed by atoms with Crippen LogP contribution in [0.25, 0.3) is 0 Å². The van der Waals surface area contributed by atoms with Crippen molar-refractivity contribution in [1.82, 2.24) is 5.32 Å². The fourth-order valence-electron chi connectivity index (χ4n) is 2.21. The van der Waals surface area contributed by atoms with E-state index in [0.29, 0.717) is 17.7 Å². The average Bonchev–Trinajstić information content (AvgIpc) is 2.46. The van der Waals surface area contributed by atoms with Crippen molar-refractivity contribution in [2.24, 2.45) is 0 Å². The largest absolute Gasteiger partial charge is 0.306 e. The van der Waals surface area contributed by atoms with Crippen molar-refractivity contribution in [2.75, 3.05) is 6.54 Å². The van der Waals surface area contributed by atoms with Crippen molar-refractivity contribution in [3.8, 4) is 0 Å². The molecule has 2 aromatic carbocycles.